The summed E-state index contributed by atoms with van der Waals surface area (Å²) in [7, 11) is 0. The highest BCUT2D eigenvalue weighted by Crippen LogP contribution is 2.09. The summed E-state index contributed by atoms with van der Waals surface area (Å²) in [5.41, 5.74) is 0.434. The van der Waals surface area contributed by atoms with E-state index >= 15 is 0 Å². The van der Waals surface area contributed by atoms with Gasteiger partial charge in [0, 0.05) is 0 Å². The van der Waals surface area contributed by atoms with Crippen molar-refractivity contribution in [2.75, 3.05) is 6.61 Å². The zero-order chi connectivity index (χ0) is 12.8. The molecule has 1 unspecified atom stereocenters. The summed E-state index contributed by atoms with van der Waals surface area (Å²) in [5.74, 6) is -0.427. The van der Waals surface area contributed by atoms with Crippen LogP contribution >= 0.6 is 0 Å². The second-order valence-electron chi connectivity index (χ2n) is 4.93. The van der Waals surface area contributed by atoms with Gasteiger partial charge in [-0.3, -0.25) is 4.89 Å². The molecule has 0 aliphatic carbocycles. The Hall–Kier alpha value is -0.870. The normalized spacial score (nSPS) is 13.3. The van der Waals surface area contributed by atoms with Gasteiger partial charge in [0.05, 0.1) is 19.1 Å². The van der Waals surface area contributed by atoms with Gasteiger partial charge in [-0.15, -0.1) is 0 Å². The monoisotopic (exact) mass is 230 g/mol. The molecule has 4 nitrogen and oxygen atoms in total. The Bertz CT molecular complexity index is 240. The summed E-state index contributed by atoms with van der Waals surface area (Å²) in [6, 6.07) is 0. The molecule has 0 rings (SSSR count). The second-order valence-corrected chi connectivity index (χ2v) is 4.93. The van der Waals surface area contributed by atoms with E-state index in [4.69, 9.17) is 9.62 Å². The van der Waals surface area contributed by atoms with Crippen molar-refractivity contribution < 1.29 is 19.3 Å². The molecule has 4 heteroatoms. The highest BCUT2D eigenvalue weighted by Gasteiger charge is 2.17. The molecule has 0 bridgehead atoms. The number of ether oxygens (including phenoxy) is 1. The standard InChI is InChI=1S/C12H22O4/c1-9(2)8-14-10(3)7-11(13)15-16-12(4,5)6/h10H,1,7-8H2,2-6H3. The SMILES string of the molecule is C=C(C)COC(C)CC(=O)OOC(C)(C)C. The van der Waals surface area contributed by atoms with Crippen LogP contribution in [-0.2, 0) is 19.3 Å². The first kappa shape index (κ1) is 15.1. The van der Waals surface area contributed by atoms with E-state index in [9.17, 15) is 4.79 Å². The zero-order valence-corrected chi connectivity index (χ0v) is 10.8. The lowest BCUT2D eigenvalue weighted by atomic mass is 10.2. The Morgan fingerprint density at radius 3 is 2.38 bits per heavy atom. The van der Waals surface area contributed by atoms with Gasteiger partial charge < -0.3 is 4.74 Å². The summed E-state index contributed by atoms with van der Waals surface area (Å²) < 4.78 is 5.35. The van der Waals surface area contributed by atoms with Crippen LogP contribution in [0.4, 0.5) is 0 Å². The molecule has 0 aromatic heterocycles. The predicted octanol–water partition coefficient (Wildman–Crippen LogP) is 2.63. The quantitative estimate of drug-likeness (QED) is 0.400. The van der Waals surface area contributed by atoms with E-state index in [-0.39, 0.29) is 12.5 Å². The molecule has 1 atom stereocenters. The smallest absolute Gasteiger partial charge is 0.344 e. The number of carbonyl (C=O) groups is 1. The second kappa shape index (κ2) is 6.66. The number of hydrogen-bond donors (Lipinski definition) is 0. The van der Waals surface area contributed by atoms with Gasteiger partial charge in [-0.2, -0.15) is 4.89 Å². The molecule has 0 spiro atoms. The fourth-order valence-corrected chi connectivity index (χ4v) is 0.784. The number of carbonyl (C=O) groups excluding carboxylic acids is 1. The van der Waals surface area contributed by atoms with Crippen LogP contribution < -0.4 is 0 Å². The van der Waals surface area contributed by atoms with Gasteiger partial charge in [-0.05, 0) is 34.6 Å². The third kappa shape index (κ3) is 9.68. The van der Waals surface area contributed by atoms with Crippen LogP contribution in [0, 0.1) is 0 Å². The predicted molar refractivity (Wildman–Crippen MR) is 61.8 cm³/mol. The molecule has 0 amide bonds. The molecule has 0 aromatic rings. The average Bonchev–Trinajstić information content (AvgIpc) is 2.10. The fraction of sp³-hybridized carbons (Fsp3) is 0.750. The van der Waals surface area contributed by atoms with E-state index in [2.05, 4.69) is 11.5 Å². The summed E-state index contributed by atoms with van der Waals surface area (Å²) in [5, 5.41) is 0. The van der Waals surface area contributed by atoms with Gasteiger partial charge in [-0.25, -0.2) is 4.79 Å². The largest absolute Gasteiger partial charge is 0.374 e. The van der Waals surface area contributed by atoms with Crippen LogP contribution in [0.3, 0.4) is 0 Å². The molecule has 0 aromatic carbocycles. The van der Waals surface area contributed by atoms with E-state index in [1.807, 2.05) is 6.92 Å². The molecule has 94 valence electrons. The maximum atomic E-state index is 11.3. The van der Waals surface area contributed by atoms with Crippen LogP contribution in [0.25, 0.3) is 0 Å². The van der Waals surface area contributed by atoms with Gasteiger partial charge in [-0.1, -0.05) is 12.2 Å². The van der Waals surface area contributed by atoms with Crippen molar-refractivity contribution in [1.82, 2.24) is 0 Å². The van der Waals surface area contributed by atoms with E-state index in [0.29, 0.717) is 6.61 Å². The Balaban J connectivity index is 3.74. The van der Waals surface area contributed by atoms with E-state index in [0.717, 1.165) is 5.57 Å². The van der Waals surface area contributed by atoms with Gasteiger partial charge in [0.25, 0.3) is 0 Å². The zero-order valence-electron chi connectivity index (χ0n) is 10.8. The van der Waals surface area contributed by atoms with Crippen LogP contribution in [0.1, 0.15) is 41.0 Å². The molecule has 0 saturated carbocycles. The average molecular weight is 230 g/mol. The Morgan fingerprint density at radius 1 is 1.38 bits per heavy atom. The van der Waals surface area contributed by atoms with Crippen molar-refractivity contribution in [3.63, 3.8) is 0 Å². The minimum Gasteiger partial charge on any atom is -0.374 e. The molecule has 16 heavy (non-hydrogen) atoms. The van der Waals surface area contributed by atoms with Crippen molar-refractivity contribution in [2.24, 2.45) is 0 Å². The summed E-state index contributed by atoms with van der Waals surface area (Å²) in [4.78, 5) is 20.8. The van der Waals surface area contributed by atoms with Crippen molar-refractivity contribution >= 4 is 5.97 Å². The lowest BCUT2D eigenvalue weighted by Crippen LogP contribution is -2.24. The third-order valence-corrected chi connectivity index (χ3v) is 1.45. The van der Waals surface area contributed by atoms with Gasteiger partial charge in [0.15, 0.2) is 0 Å². The maximum absolute atomic E-state index is 11.3. The summed E-state index contributed by atoms with van der Waals surface area (Å²) in [6.07, 6.45) is -0.0311. The van der Waals surface area contributed by atoms with Crippen molar-refractivity contribution in [2.45, 2.75) is 52.7 Å². The first-order valence-electron chi connectivity index (χ1n) is 5.35. The number of hydrogen-bond acceptors (Lipinski definition) is 4. The van der Waals surface area contributed by atoms with Crippen molar-refractivity contribution in [3.05, 3.63) is 12.2 Å². The van der Waals surface area contributed by atoms with E-state index in [1.54, 1.807) is 27.7 Å². The molecule has 0 N–H and O–H groups in total. The third-order valence-electron chi connectivity index (χ3n) is 1.45. The molecule has 0 radical (unpaired) electrons. The minimum atomic E-state index is -0.489. The van der Waals surface area contributed by atoms with Gasteiger partial charge in [0.2, 0.25) is 0 Å². The molecule has 0 saturated heterocycles. The molecular weight excluding hydrogens is 208 g/mol. The molecule has 0 heterocycles. The van der Waals surface area contributed by atoms with Gasteiger partial charge >= 0.3 is 5.97 Å². The number of rotatable bonds is 6. The molecule has 0 fully saturated rings. The maximum Gasteiger partial charge on any atom is 0.344 e. The minimum absolute atomic E-state index is 0.170. The Kier molecular flexibility index (Phi) is 6.29. The van der Waals surface area contributed by atoms with Gasteiger partial charge in [0.1, 0.15) is 5.60 Å². The first-order valence-corrected chi connectivity index (χ1v) is 5.35. The highest BCUT2D eigenvalue weighted by atomic mass is 17.2. The van der Waals surface area contributed by atoms with E-state index < -0.39 is 11.6 Å². The first-order chi connectivity index (χ1) is 7.20. The topological polar surface area (TPSA) is 44.8 Å². The summed E-state index contributed by atoms with van der Waals surface area (Å²) in [6.45, 7) is 13.3. The van der Waals surface area contributed by atoms with E-state index in [1.165, 1.54) is 0 Å². The Morgan fingerprint density at radius 2 is 1.94 bits per heavy atom. The lowest BCUT2D eigenvalue weighted by Gasteiger charge is -2.17. The van der Waals surface area contributed by atoms with Crippen molar-refractivity contribution in [3.8, 4) is 0 Å². The lowest BCUT2D eigenvalue weighted by molar-refractivity contribution is -0.321. The van der Waals surface area contributed by atoms with Crippen molar-refractivity contribution in [1.29, 1.82) is 0 Å². The van der Waals surface area contributed by atoms with Crippen LogP contribution in [-0.4, -0.2) is 24.3 Å². The highest BCUT2D eigenvalue weighted by molar-refractivity contribution is 5.69. The molecule has 0 aliphatic rings. The van der Waals surface area contributed by atoms with Crippen LogP contribution in [0.15, 0.2) is 12.2 Å². The fourth-order valence-electron chi connectivity index (χ4n) is 0.784. The molecule has 0 aliphatic heterocycles. The summed E-state index contributed by atoms with van der Waals surface area (Å²) >= 11 is 0. The van der Waals surface area contributed by atoms with Crippen LogP contribution in [0.5, 0.6) is 0 Å². The Labute approximate surface area is 97.5 Å². The van der Waals surface area contributed by atoms with Crippen LogP contribution in [0.2, 0.25) is 0 Å². The molecular formula is C12H22O4.